The van der Waals surface area contributed by atoms with Gasteiger partial charge in [0.1, 0.15) is 4.88 Å². The van der Waals surface area contributed by atoms with E-state index in [1.54, 1.807) is 0 Å². The second-order valence-electron chi connectivity index (χ2n) is 1.17. The Bertz CT molecular complexity index is 191. The summed E-state index contributed by atoms with van der Waals surface area (Å²) in [4.78, 5) is 13.9. The summed E-state index contributed by atoms with van der Waals surface area (Å²) in [7, 11) is 0. The van der Waals surface area contributed by atoms with Crippen LogP contribution < -0.4 is 18.9 Å². The van der Waals surface area contributed by atoms with Crippen molar-refractivity contribution >= 4 is 17.3 Å². The summed E-state index contributed by atoms with van der Waals surface area (Å²) in [5.74, 6) is -0.910. The minimum absolute atomic E-state index is 0. The molecule has 1 aromatic rings. The van der Waals surface area contributed by atoms with Crippen LogP contribution in [0.25, 0.3) is 0 Å². The van der Waals surface area contributed by atoms with Crippen LogP contribution in [0.4, 0.5) is 0 Å². The number of carboxylic acid groups (broad SMARTS) is 1. The Kier molecular flexibility index (Phi) is 3.55. The van der Waals surface area contributed by atoms with Gasteiger partial charge in [0, 0.05) is 0 Å². The van der Waals surface area contributed by atoms with Gasteiger partial charge in [-0.15, -0.1) is 11.3 Å². The molecular formula is C4H4LiNO2S. The van der Waals surface area contributed by atoms with Crippen LogP contribution in [0.3, 0.4) is 0 Å². The number of thiazole rings is 1. The first-order valence-corrected chi connectivity index (χ1v) is 2.80. The zero-order valence-electron chi connectivity index (χ0n) is 5.87. The SMILES string of the molecule is O=C(O)c1cncs1.[H-].[Li+]. The summed E-state index contributed by atoms with van der Waals surface area (Å²) < 4.78 is 0. The van der Waals surface area contributed by atoms with Gasteiger partial charge in [-0.3, -0.25) is 4.98 Å². The van der Waals surface area contributed by atoms with Gasteiger partial charge in [-0.25, -0.2) is 4.79 Å². The molecule has 0 aliphatic carbocycles. The van der Waals surface area contributed by atoms with Gasteiger partial charge in [0.05, 0.1) is 11.7 Å². The molecule has 0 bridgehead atoms. The molecule has 0 saturated carbocycles. The minimum atomic E-state index is -0.910. The van der Waals surface area contributed by atoms with Gasteiger partial charge in [0.2, 0.25) is 0 Å². The smallest absolute Gasteiger partial charge is 1.00 e. The van der Waals surface area contributed by atoms with Crippen molar-refractivity contribution in [3.63, 3.8) is 0 Å². The van der Waals surface area contributed by atoms with Crippen LogP contribution in [0.5, 0.6) is 0 Å². The van der Waals surface area contributed by atoms with Crippen LogP contribution in [0, 0.1) is 0 Å². The number of hydrogen-bond acceptors (Lipinski definition) is 3. The molecule has 0 atom stereocenters. The fourth-order valence-electron chi connectivity index (χ4n) is 0.321. The zero-order chi connectivity index (χ0) is 5.98. The van der Waals surface area contributed by atoms with Gasteiger partial charge in [-0.2, -0.15) is 0 Å². The number of aromatic carboxylic acids is 1. The van der Waals surface area contributed by atoms with Crippen LogP contribution in [0.2, 0.25) is 0 Å². The second kappa shape index (κ2) is 3.67. The molecule has 0 fully saturated rings. The maximum atomic E-state index is 10.0. The molecule has 0 saturated heterocycles. The summed E-state index contributed by atoms with van der Waals surface area (Å²) in [6.07, 6.45) is 1.33. The molecule has 9 heavy (non-hydrogen) atoms. The predicted octanol–water partition coefficient (Wildman–Crippen LogP) is -2.04. The standard InChI is InChI=1S/C4H3NO2S.Li.H/c6-4(7)3-1-5-2-8-3;;/h1-2H,(H,6,7);;/q;+1;-1. The van der Waals surface area contributed by atoms with E-state index in [1.165, 1.54) is 11.7 Å². The first kappa shape index (κ1) is 8.70. The third-order valence-electron chi connectivity index (χ3n) is 0.643. The van der Waals surface area contributed by atoms with E-state index in [-0.39, 0.29) is 25.2 Å². The molecule has 0 amide bonds. The van der Waals surface area contributed by atoms with Gasteiger partial charge >= 0.3 is 24.8 Å². The maximum absolute atomic E-state index is 10.0. The average Bonchev–Trinajstić information content (AvgIpc) is 2.12. The molecule has 5 heteroatoms. The van der Waals surface area contributed by atoms with Crippen molar-refractivity contribution in [2.24, 2.45) is 0 Å². The Hall–Kier alpha value is -0.303. The number of rotatable bonds is 1. The third-order valence-corrected chi connectivity index (χ3v) is 1.40. The van der Waals surface area contributed by atoms with Crippen molar-refractivity contribution in [2.75, 3.05) is 0 Å². The number of hydrogen-bond donors (Lipinski definition) is 1. The van der Waals surface area contributed by atoms with E-state index in [1.807, 2.05) is 0 Å². The van der Waals surface area contributed by atoms with E-state index in [9.17, 15) is 4.79 Å². The van der Waals surface area contributed by atoms with Crippen LogP contribution in [-0.2, 0) is 0 Å². The van der Waals surface area contributed by atoms with E-state index in [0.717, 1.165) is 11.3 Å². The van der Waals surface area contributed by atoms with E-state index in [4.69, 9.17) is 5.11 Å². The predicted molar refractivity (Wildman–Crippen MR) is 30.2 cm³/mol. The molecule has 0 radical (unpaired) electrons. The van der Waals surface area contributed by atoms with Crippen molar-refractivity contribution in [1.82, 2.24) is 4.98 Å². The summed E-state index contributed by atoms with van der Waals surface area (Å²) >= 11 is 1.12. The summed E-state index contributed by atoms with van der Waals surface area (Å²) in [6, 6.07) is 0. The Morgan fingerprint density at radius 1 is 1.89 bits per heavy atom. The van der Waals surface area contributed by atoms with Crippen molar-refractivity contribution in [2.45, 2.75) is 0 Å². The van der Waals surface area contributed by atoms with E-state index in [0.29, 0.717) is 0 Å². The van der Waals surface area contributed by atoms with Gasteiger partial charge in [-0.1, -0.05) is 0 Å². The fourth-order valence-corrected chi connectivity index (χ4v) is 0.779. The van der Waals surface area contributed by atoms with E-state index >= 15 is 0 Å². The molecule has 1 N–H and O–H groups in total. The Labute approximate surface area is 69.4 Å². The maximum Gasteiger partial charge on any atom is 1.00 e. The van der Waals surface area contributed by atoms with Crippen molar-refractivity contribution in [1.29, 1.82) is 0 Å². The topological polar surface area (TPSA) is 50.2 Å². The molecule has 0 aromatic carbocycles. The molecule has 0 unspecified atom stereocenters. The molecule has 1 aromatic heterocycles. The molecule has 3 nitrogen and oxygen atoms in total. The average molecular weight is 137 g/mol. The Balaban J connectivity index is 0. The van der Waals surface area contributed by atoms with Crippen molar-refractivity contribution in [3.8, 4) is 0 Å². The normalized spacial score (nSPS) is 8.00. The first-order valence-electron chi connectivity index (χ1n) is 1.92. The molecule has 1 rings (SSSR count). The number of aromatic nitrogens is 1. The first-order chi connectivity index (χ1) is 3.80. The fraction of sp³-hybridized carbons (Fsp3) is 0. The van der Waals surface area contributed by atoms with Crippen LogP contribution in [0.15, 0.2) is 11.7 Å². The monoisotopic (exact) mass is 137 g/mol. The largest absolute Gasteiger partial charge is 1.00 e. The molecule has 0 spiro atoms. The van der Waals surface area contributed by atoms with Crippen LogP contribution in [0.1, 0.15) is 11.1 Å². The van der Waals surface area contributed by atoms with Gasteiger partial charge in [-0.05, 0) is 0 Å². The van der Waals surface area contributed by atoms with E-state index in [2.05, 4.69) is 4.98 Å². The quantitative estimate of drug-likeness (QED) is 0.453. The minimum Gasteiger partial charge on any atom is -1.00 e. The number of nitrogens with zero attached hydrogens (tertiary/aromatic N) is 1. The van der Waals surface area contributed by atoms with Crippen molar-refractivity contribution < 1.29 is 30.2 Å². The summed E-state index contributed by atoms with van der Waals surface area (Å²) in [5.41, 5.74) is 1.49. The second-order valence-corrected chi connectivity index (χ2v) is 2.06. The summed E-state index contributed by atoms with van der Waals surface area (Å²) in [5, 5.41) is 8.24. The summed E-state index contributed by atoms with van der Waals surface area (Å²) in [6.45, 7) is 0. The third kappa shape index (κ3) is 2.18. The Morgan fingerprint density at radius 2 is 2.56 bits per heavy atom. The number of carbonyl (C=O) groups is 1. The molecule has 1 heterocycles. The van der Waals surface area contributed by atoms with Gasteiger partial charge in [0.15, 0.2) is 0 Å². The van der Waals surface area contributed by atoms with Crippen LogP contribution in [-0.4, -0.2) is 16.1 Å². The molecule has 0 aliphatic rings. The zero-order valence-corrected chi connectivity index (χ0v) is 5.68. The van der Waals surface area contributed by atoms with Crippen LogP contribution >= 0.6 is 11.3 Å². The Morgan fingerprint density at radius 3 is 2.78 bits per heavy atom. The van der Waals surface area contributed by atoms with Gasteiger partial charge < -0.3 is 6.53 Å². The molecule has 0 aliphatic heterocycles. The van der Waals surface area contributed by atoms with Gasteiger partial charge in [0.25, 0.3) is 0 Å². The van der Waals surface area contributed by atoms with Crippen molar-refractivity contribution in [3.05, 3.63) is 16.6 Å². The number of carboxylic acids is 1. The molecule has 44 valence electrons. The van der Waals surface area contributed by atoms with E-state index < -0.39 is 5.97 Å². The molecular weight excluding hydrogens is 133 g/mol.